The minimum Gasteiger partial charge on any atom is -0.398 e. The number of rotatable bonds is 2. The molecule has 0 bridgehead atoms. The van der Waals surface area contributed by atoms with Crippen LogP contribution in [0.2, 0.25) is 0 Å². The van der Waals surface area contributed by atoms with E-state index in [0.29, 0.717) is 15.7 Å². The SMILES string of the molecule is Cc1nc(Sc2c(N)cccc2F)nc(C)c1C. The lowest BCUT2D eigenvalue weighted by Crippen LogP contribution is -1.99. The van der Waals surface area contributed by atoms with Gasteiger partial charge in [-0.25, -0.2) is 14.4 Å². The van der Waals surface area contributed by atoms with Crippen molar-refractivity contribution in [1.82, 2.24) is 9.97 Å². The molecule has 0 atom stereocenters. The summed E-state index contributed by atoms with van der Waals surface area (Å²) in [6.45, 7) is 5.80. The summed E-state index contributed by atoms with van der Waals surface area (Å²) in [5.41, 5.74) is 9.02. The first-order chi connectivity index (χ1) is 8.49. The van der Waals surface area contributed by atoms with Crippen LogP contribution in [0.25, 0.3) is 0 Å². The maximum Gasteiger partial charge on any atom is 0.193 e. The molecule has 2 rings (SSSR count). The van der Waals surface area contributed by atoms with Crippen LogP contribution in [0.4, 0.5) is 10.1 Å². The van der Waals surface area contributed by atoms with Crippen LogP contribution in [0, 0.1) is 26.6 Å². The summed E-state index contributed by atoms with van der Waals surface area (Å²) in [6, 6.07) is 4.63. The Hall–Kier alpha value is -1.62. The maximum atomic E-state index is 13.7. The number of anilines is 1. The molecule has 0 radical (unpaired) electrons. The first-order valence-electron chi connectivity index (χ1n) is 5.52. The highest BCUT2D eigenvalue weighted by atomic mass is 32.2. The normalized spacial score (nSPS) is 10.7. The molecule has 1 aromatic heterocycles. The van der Waals surface area contributed by atoms with Gasteiger partial charge >= 0.3 is 0 Å². The number of aromatic nitrogens is 2. The van der Waals surface area contributed by atoms with Crippen molar-refractivity contribution in [2.45, 2.75) is 30.8 Å². The molecule has 2 aromatic rings. The molecule has 0 spiro atoms. The van der Waals surface area contributed by atoms with Crippen molar-refractivity contribution in [3.05, 3.63) is 41.0 Å². The number of hydrogen-bond acceptors (Lipinski definition) is 4. The lowest BCUT2D eigenvalue weighted by molar-refractivity contribution is 0.603. The Morgan fingerprint density at radius 3 is 2.28 bits per heavy atom. The monoisotopic (exact) mass is 263 g/mol. The van der Waals surface area contributed by atoms with Gasteiger partial charge in [-0.1, -0.05) is 6.07 Å². The number of nitrogens with zero attached hydrogens (tertiary/aromatic N) is 2. The van der Waals surface area contributed by atoms with Gasteiger partial charge in [0.05, 0.1) is 4.90 Å². The fraction of sp³-hybridized carbons (Fsp3) is 0.231. The minimum absolute atomic E-state index is 0.348. The first kappa shape index (κ1) is 12.8. The van der Waals surface area contributed by atoms with Crippen LogP contribution in [-0.4, -0.2) is 9.97 Å². The van der Waals surface area contributed by atoms with Crippen LogP contribution in [0.3, 0.4) is 0 Å². The van der Waals surface area contributed by atoms with Gasteiger partial charge in [0.15, 0.2) is 5.16 Å². The highest BCUT2D eigenvalue weighted by Crippen LogP contribution is 2.32. The van der Waals surface area contributed by atoms with Gasteiger partial charge in [0.25, 0.3) is 0 Å². The fourth-order valence-corrected chi connectivity index (χ4v) is 2.41. The second-order valence-electron chi connectivity index (χ2n) is 4.06. The number of aryl methyl sites for hydroxylation is 2. The van der Waals surface area contributed by atoms with Gasteiger partial charge in [-0.15, -0.1) is 0 Å². The van der Waals surface area contributed by atoms with Gasteiger partial charge in [-0.05, 0) is 50.2 Å². The van der Waals surface area contributed by atoms with Crippen LogP contribution < -0.4 is 5.73 Å². The zero-order valence-corrected chi connectivity index (χ0v) is 11.3. The molecule has 0 saturated carbocycles. The molecule has 0 aliphatic carbocycles. The van der Waals surface area contributed by atoms with Crippen molar-refractivity contribution in [3.63, 3.8) is 0 Å². The van der Waals surface area contributed by atoms with Crippen LogP contribution >= 0.6 is 11.8 Å². The third-order valence-corrected chi connectivity index (χ3v) is 3.80. The molecule has 5 heteroatoms. The van der Waals surface area contributed by atoms with Crippen molar-refractivity contribution in [2.75, 3.05) is 5.73 Å². The minimum atomic E-state index is -0.348. The number of benzene rings is 1. The van der Waals surface area contributed by atoms with Crippen molar-refractivity contribution in [2.24, 2.45) is 0 Å². The summed E-state index contributed by atoms with van der Waals surface area (Å²) < 4.78 is 13.7. The molecular weight excluding hydrogens is 249 g/mol. The zero-order valence-electron chi connectivity index (χ0n) is 10.5. The number of halogens is 1. The first-order valence-corrected chi connectivity index (χ1v) is 6.34. The second kappa shape index (κ2) is 4.94. The molecule has 3 nitrogen and oxygen atoms in total. The number of nitrogen functional groups attached to an aromatic ring is 1. The highest BCUT2D eigenvalue weighted by molar-refractivity contribution is 7.99. The molecule has 0 unspecified atom stereocenters. The van der Waals surface area contributed by atoms with Crippen molar-refractivity contribution in [1.29, 1.82) is 0 Å². The van der Waals surface area contributed by atoms with E-state index in [4.69, 9.17) is 5.73 Å². The van der Waals surface area contributed by atoms with E-state index < -0.39 is 0 Å². The van der Waals surface area contributed by atoms with E-state index in [-0.39, 0.29) is 5.82 Å². The molecule has 1 heterocycles. The lowest BCUT2D eigenvalue weighted by Gasteiger charge is -2.08. The summed E-state index contributed by atoms with van der Waals surface area (Å²) in [5.74, 6) is -0.348. The van der Waals surface area contributed by atoms with E-state index in [0.717, 1.165) is 28.7 Å². The summed E-state index contributed by atoms with van der Waals surface area (Å²) in [7, 11) is 0. The molecule has 0 aliphatic rings. The third kappa shape index (κ3) is 2.46. The Bertz CT molecular complexity index is 556. The molecule has 1 aromatic carbocycles. The Balaban J connectivity index is 2.41. The topological polar surface area (TPSA) is 51.8 Å². The Morgan fingerprint density at radius 1 is 1.11 bits per heavy atom. The van der Waals surface area contributed by atoms with Crippen LogP contribution in [-0.2, 0) is 0 Å². The molecule has 0 fully saturated rings. The summed E-state index contributed by atoms with van der Waals surface area (Å²) >= 11 is 1.16. The van der Waals surface area contributed by atoms with Gasteiger partial charge in [-0.2, -0.15) is 0 Å². The third-order valence-electron chi connectivity index (χ3n) is 2.80. The molecule has 2 N–H and O–H groups in total. The summed E-state index contributed by atoms with van der Waals surface area (Å²) in [5, 5.41) is 0.521. The van der Waals surface area contributed by atoms with E-state index in [2.05, 4.69) is 9.97 Å². The Kier molecular flexibility index (Phi) is 3.52. The maximum absolute atomic E-state index is 13.7. The van der Waals surface area contributed by atoms with E-state index >= 15 is 0 Å². The van der Waals surface area contributed by atoms with Crippen LogP contribution in [0.15, 0.2) is 28.3 Å². The Labute approximate surface area is 110 Å². The zero-order chi connectivity index (χ0) is 13.3. The molecule has 94 valence electrons. The van der Waals surface area contributed by atoms with Crippen LogP contribution in [0.1, 0.15) is 17.0 Å². The smallest absolute Gasteiger partial charge is 0.193 e. The number of hydrogen-bond donors (Lipinski definition) is 1. The second-order valence-corrected chi connectivity index (χ2v) is 5.04. The number of nitrogens with two attached hydrogens (primary N) is 1. The van der Waals surface area contributed by atoms with Crippen molar-refractivity contribution >= 4 is 17.4 Å². The van der Waals surface area contributed by atoms with E-state index in [9.17, 15) is 4.39 Å². The molecule has 0 amide bonds. The predicted molar refractivity (Wildman–Crippen MR) is 71.2 cm³/mol. The Morgan fingerprint density at radius 2 is 1.72 bits per heavy atom. The van der Waals surface area contributed by atoms with Gasteiger partial charge < -0.3 is 5.73 Å². The van der Waals surface area contributed by atoms with Gasteiger partial charge in [0.2, 0.25) is 0 Å². The van der Waals surface area contributed by atoms with E-state index in [1.807, 2.05) is 20.8 Å². The molecule has 0 saturated heterocycles. The highest BCUT2D eigenvalue weighted by Gasteiger charge is 2.11. The summed E-state index contributed by atoms with van der Waals surface area (Å²) in [4.78, 5) is 9.06. The molecular formula is C13H14FN3S. The van der Waals surface area contributed by atoms with Gasteiger partial charge in [-0.3, -0.25) is 0 Å². The fourth-order valence-electron chi connectivity index (χ4n) is 1.51. The van der Waals surface area contributed by atoms with Crippen molar-refractivity contribution < 1.29 is 4.39 Å². The summed E-state index contributed by atoms with van der Waals surface area (Å²) in [6.07, 6.45) is 0. The van der Waals surface area contributed by atoms with Crippen LogP contribution in [0.5, 0.6) is 0 Å². The average Bonchev–Trinajstić information content (AvgIpc) is 2.31. The van der Waals surface area contributed by atoms with E-state index in [1.165, 1.54) is 6.07 Å². The average molecular weight is 263 g/mol. The molecule has 18 heavy (non-hydrogen) atoms. The molecule has 0 aliphatic heterocycles. The van der Waals surface area contributed by atoms with Gasteiger partial charge in [0, 0.05) is 17.1 Å². The predicted octanol–water partition coefficient (Wildman–Crippen LogP) is 3.27. The standard InChI is InChI=1S/C13H14FN3S/c1-7-8(2)16-13(17-9(7)3)18-12-10(14)5-4-6-11(12)15/h4-6H,15H2,1-3H3. The lowest BCUT2D eigenvalue weighted by atomic mass is 10.2. The van der Waals surface area contributed by atoms with Gasteiger partial charge in [0.1, 0.15) is 5.82 Å². The quantitative estimate of drug-likeness (QED) is 0.667. The van der Waals surface area contributed by atoms with Crippen molar-refractivity contribution in [3.8, 4) is 0 Å². The largest absolute Gasteiger partial charge is 0.398 e. The van der Waals surface area contributed by atoms with E-state index in [1.54, 1.807) is 12.1 Å².